The van der Waals surface area contributed by atoms with E-state index in [2.05, 4.69) is 11.8 Å². The summed E-state index contributed by atoms with van der Waals surface area (Å²) in [6.07, 6.45) is -2.64. The highest BCUT2D eigenvalue weighted by Gasteiger charge is 2.51. The summed E-state index contributed by atoms with van der Waals surface area (Å²) in [4.78, 5) is 43.3. The molecule has 3 rings (SSSR count). The third kappa shape index (κ3) is 10.7. The van der Waals surface area contributed by atoms with Crippen LogP contribution < -0.4 is 0 Å². The molecule has 0 bridgehead atoms. The SMILES string of the molecule is CCC(=O)O[C@@]1(C)/C=C(\C)C(=O)[C@H](C)C[C@@](C)(O)[C@H](O[C@@H]2O[C@H](C)C[C@H](N(C)C)[C@H]2C)[C@@H](C)[C@H](O[C@H]2CC(C)(C)[C@@H](O)[C@H](C)O2)[C@@H](C)C(=O)O[C@@H]1CC. The number of carbonyl (C=O) groups is 3. The Hall–Kier alpha value is -1.93. The molecule has 0 spiro atoms. The van der Waals surface area contributed by atoms with Crippen molar-refractivity contribution < 1.29 is 53.0 Å². The van der Waals surface area contributed by atoms with Gasteiger partial charge in [0.05, 0.1) is 42.0 Å². The normalized spacial score (nSPS) is 44.4. The molecule has 0 aliphatic carbocycles. The van der Waals surface area contributed by atoms with Crippen molar-refractivity contribution in [2.24, 2.45) is 29.1 Å². The zero-order valence-electron chi connectivity index (χ0n) is 35.1. The number of cyclic esters (lactones) is 1. The van der Waals surface area contributed by atoms with Crippen LogP contribution in [0.4, 0.5) is 0 Å². The maximum Gasteiger partial charge on any atom is 0.311 e. The van der Waals surface area contributed by atoms with Gasteiger partial charge >= 0.3 is 11.9 Å². The van der Waals surface area contributed by atoms with Crippen LogP contribution >= 0.6 is 0 Å². The summed E-state index contributed by atoms with van der Waals surface area (Å²) in [5.74, 6) is -3.72. The fourth-order valence-electron chi connectivity index (χ4n) is 8.85. The average molecular weight is 754 g/mol. The third-order valence-electron chi connectivity index (χ3n) is 12.0. The number of aliphatic hydroxyl groups excluding tert-OH is 1. The number of ether oxygens (including phenoxy) is 6. The Morgan fingerprint density at radius 3 is 2.13 bits per heavy atom. The van der Waals surface area contributed by atoms with E-state index in [0.29, 0.717) is 18.4 Å². The zero-order valence-corrected chi connectivity index (χ0v) is 35.1. The minimum absolute atomic E-state index is 0.0180. The van der Waals surface area contributed by atoms with Crippen LogP contribution in [0.1, 0.15) is 122 Å². The van der Waals surface area contributed by atoms with Gasteiger partial charge in [-0.15, -0.1) is 0 Å². The van der Waals surface area contributed by atoms with Crippen molar-refractivity contribution in [3.8, 4) is 0 Å². The molecule has 0 unspecified atom stereocenters. The van der Waals surface area contributed by atoms with Crippen LogP contribution in [0.2, 0.25) is 0 Å². The Bertz CT molecular complexity index is 1300. The van der Waals surface area contributed by atoms with E-state index in [1.807, 2.05) is 48.7 Å². The number of hydrogen-bond acceptors (Lipinski definition) is 12. The number of esters is 2. The van der Waals surface area contributed by atoms with E-state index in [-0.39, 0.29) is 36.7 Å². The number of rotatable bonds is 8. The first-order chi connectivity index (χ1) is 24.4. The van der Waals surface area contributed by atoms with Gasteiger partial charge in [0.25, 0.3) is 0 Å². The third-order valence-corrected chi connectivity index (χ3v) is 12.0. The molecule has 12 heteroatoms. The Kier molecular flexibility index (Phi) is 15.4. The maximum atomic E-state index is 14.4. The van der Waals surface area contributed by atoms with Crippen molar-refractivity contribution in [3.05, 3.63) is 11.6 Å². The molecule has 3 heterocycles. The quantitative estimate of drug-likeness (QED) is 0.298. The highest BCUT2D eigenvalue weighted by atomic mass is 16.7. The molecular weight excluding hydrogens is 682 g/mol. The Morgan fingerprint density at radius 1 is 0.962 bits per heavy atom. The van der Waals surface area contributed by atoms with Gasteiger partial charge in [-0.3, -0.25) is 14.4 Å². The van der Waals surface area contributed by atoms with E-state index >= 15 is 0 Å². The van der Waals surface area contributed by atoms with E-state index in [4.69, 9.17) is 28.4 Å². The molecule has 0 aromatic carbocycles. The Morgan fingerprint density at radius 2 is 1.58 bits per heavy atom. The lowest BCUT2D eigenvalue weighted by Crippen LogP contribution is -2.58. The topological polar surface area (TPSA) is 150 Å². The molecule has 2 fully saturated rings. The highest BCUT2D eigenvalue weighted by Crippen LogP contribution is 2.42. The molecule has 53 heavy (non-hydrogen) atoms. The number of nitrogens with zero attached hydrogens (tertiary/aromatic N) is 1. The van der Waals surface area contributed by atoms with Gasteiger partial charge in [-0.2, -0.15) is 0 Å². The molecule has 12 nitrogen and oxygen atoms in total. The van der Waals surface area contributed by atoms with E-state index < -0.39 is 89.4 Å². The minimum atomic E-state index is -1.62. The summed E-state index contributed by atoms with van der Waals surface area (Å²) >= 11 is 0. The second kappa shape index (κ2) is 17.9. The van der Waals surface area contributed by atoms with Crippen molar-refractivity contribution in [1.29, 1.82) is 0 Å². The van der Waals surface area contributed by atoms with Crippen molar-refractivity contribution in [3.63, 3.8) is 0 Å². The van der Waals surface area contributed by atoms with E-state index in [1.165, 1.54) is 0 Å². The largest absolute Gasteiger partial charge is 0.457 e. The first-order valence-electron chi connectivity index (χ1n) is 19.7. The standard InChI is InChI=1S/C41H71NO11/c1-16-30-41(13,53-31(43)17-2)20-23(4)33(44)22(3)19-40(12,47)36(52-38-25(6)29(42(14)15)18-24(5)48-38)26(7)34(27(8)37(46)50-30)51-32-21-39(10,11)35(45)28(9)49-32/h20,22,24-30,32,34-36,38,45,47H,16-19,21H2,1-15H3/b23-20+/t22-,24-,25-,26+,27-,28+,29+,30-,32+,34+,35+,36-,38+,40-,41+/m1/s1. The van der Waals surface area contributed by atoms with E-state index in [0.717, 1.165) is 6.42 Å². The van der Waals surface area contributed by atoms with E-state index in [9.17, 15) is 24.6 Å². The second-order valence-electron chi connectivity index (χ2n) is 17.7. The van der Waals surface area contributed by atoms with Crippen molar-refractivity contribution in [2.75, 3.05) is 14.1 Å². The molecule has 0 aromatic heterocycles. The lowest BCUT2D eigenvalue weighted by atomic mass is 9.76. The van der Waals surface area contributed by atoms with Crippen molar-refractivity contribution in [1.82, 2.24) is 4.90 Å². The van der Waals surface area contributed by atoms with Crippen LogP contribution in [-0.2, 0) is 42.8 Å². The number of allylic oxidation sites excluding steroid dienone is 1. The van der Waals surface area contributed by atoms with Crippen LogP contribution in [0.25, 0.3) is 0 Å². The summed E-state index contributed by atoms with van der Waals surface area (Å²) in [6.45, 7) is 23.5. The lowest BCUT2D eigenvalue weighted by Gasteiger charge is -2.49. The van der Waals surface area contributed by atoms with Gasteiger partial charge in [0.1, 0.15) is 6.10 Å². The van der Waals surface area contributed by atoms with Gasteiger partial charge in [-0.05, 0) is 92.0 Å². The maximum absolute atomic E-state index is 14.4. The Balaban J connectivity index is 2.22. The summed E-state index contributed by atoms with van der Waals surface area (Å²) in [6, 6.07) is 0.143. The molecule has 0 radical (unpaired) electrons. The number of Topliss-reactive ketones (excluding diaryl/α,β-unsaturated/α-hetero) is 1. The van der Waals surface area contributed by atoms with Gasteiger partial charge in [0.2, 0.25) is 0 Å². The molecular formula is C41H71NO11. The number of aliphatic hydroxyl groups is 2. The van der Waals surface area contributed by atoms with E-state index in [1.54, 1.807) is 54.5 Å². The Labute approximate surface area is 318 Å². The molecule has 0 amide bonds. The molecule has 2 saturated heterocycles. The predicted molar refractivity (Wildman–Crippen MR) is 201 cm³/mol. The molecule has 15 atom stereocenters. The summed E-state index contributed by atoms with van der Waals surface area (Å²) in [7, 11) is 4.05. The smallest absolute Gasteiger partial charge is 0.311 e. The first kappa shape index (κ1) is 45.5. The fourth-order valence-corrected chi connectivity index (χ4v) is 8.85. The van der Waals surface area contributed by atoms with Gasteiger partial charge < -0.3 is 43.5 Å². The average Bonchev–Trinajstić information content (AvgIpc) is 3.06. The van der Waals surface area contributed by atoms with Crippen LogP contribution in [0, 0.1) is 29.1 Å². The monoisotopic (exact) mass is 754 g/mol. The second-order valence-corrected chi connectivity index (χ2v) is 17.7. The fraction of sp³-hybridized carbons (Fsp3) is 0.878. The molecule has 0 aromatic rings. The number of carbonyl (C=O) groups excluding carboxylic acids is 3. The number of ketones is 1. The van der Waals surface area contributed by atoms with Crippen molar-refractivity contribution >= 4 is 17.7 Å². The molecule has 3 aliphatic rings. The molecule has 0 saturated carbocycles. The van der Waals surface area contributed by atoms with Gasteiger partial charge in [-0.1, -0.05) is 48.5 Å². The minimum Gasteiger partial charge on any atom is -0.457 e. The summed E-state index contributed by atoms with van der Waals surface area (Å²) in [5.41, 5.74) is -3.31. The summed E-state index contributed by atoms with van der Waals surface area (Å²) < 4.78 is 38.5. The van der Waals surface area contributed by atoms with Crippen LogP contribution in [0.15, 0.2) is 11.6 Å². The van der Waals surface area contributed by atoms with Crippen LogP contribution in [0.3, 0.4) is 0 Å². The summed E-state index contributed by atoms with van der Waals surface area (Å²) in [5, 5.41) is 23.4. The highest BCUT2D eigenvalue weighted by molar-refractivity contribution is 5.96. The lowest BCUT2D eigenvalue weighted by molar-refractivity contribution is -0.304. The van der Waals surface area contributed by atoms with Gasteiger partial charge in [0, 0.05) is 36.6 Å². The first-order valence-corrected chi connectivity index (χ1v) is 19.7. The molecule has 3 aliphatic heterocycles. The van der Waals surface area contributed by atoms with Crippen LogP contribution in [0.5, 0.6) is 0 Å². The molecule has 2 N–H and O–H groups in total. The zero-order chi connectivity index (χ0) is 40.4. The van der Waals surface area contributed by atoms with Gasteiger partial charge in [0.15, 0.2) is 24.0 Å². The predicted octanol–water partition coefficient (Wildman–Crippen LogP) is 5.59. The van der Waals surface area contributed by atoms with Crippen molar-refractivity contribution in [2.45, 2.75) is 189 Å². The van der Waals surface area contributed by atoms with Crippen LogP contribution in [-0.4, -0.2) is 113 Å². The number of hydrogen-bond donors (Lipinski definition) is 2. The van der Waals surface area contributed by atoms with Gasteiger partial charge in [-0.25, -0.2) is 0 Å². The molecule has 306 valence electrons.